The van der Waals surface area contributed by atoms with Crippen molar-refractivity contribution in [2.24, 2.45) is 13.0 Å². The van der Waals surface area contributed by atoms with Crippen LogP contribution in [0.2, 0.25) is 0 Å². The summed E-state index contributed by atoms with van der Waals surface area (Å²) in [6, 6.07) is 9.81. The van der Waals surface area contributed by atoms with E-state index in [4.69, 9.17) is 0 Å². The van der Waals surface area contributed by atoms with Crippen molar-refractivity contribution >= 4 is 5.91 Å². The largest absolute Gasteiger partial charge is 0.393 e. The molecule has 5 nitrogen and oxygen atoms in total. The van der Waals surface area contributed by atoms with Crippen LogP contribution in [0.15, 0.2) is 42.7 Å². The first kappa shape index (κ1) is 13.8. The normalized spacial score (nSPS) is 22.4. The van der Waals surface area contributed by atoms with Crippen LogP contribution in [0.25, 0.3) is 0 Å². The van der Waals surface area contributed by atoms with Crippen LogP contribution in [0.1, 0.15) is 35.1 Å². The number of aromatic nitrogens is 2. The molecule has 0 spiro atoms. The van der Waals surface area contributed by atoms with Gasteiger partial charge in [0.25, 0.3) is 5.91 Å². The Morgan fingerprint density at radius 2 is 2.10 bits per heavy atom. The minimum atomic E-state index is -0.244. The van der Waals surface area contributed by atoms with Crippen molar-refractivity contribution in [3.63, 3.8) is 0 Å². The van der Waals surface area contributed by atoms with Gasteiger partial charge in [0, 0.05) is 19.4 Å². The second-order valence-electron chi connectivity index (χ2n) is 5.61. The molecule has 1 amide bonds. The van der Waals surface area contributed by atoms with Gasteiger partial charge in [0.1, 0.15) is 0 Å². The van der Waals surface area contributed by atoms with Crippen molar-refractivity contribution in [1.29, 1.82) is 0 Å². The molecular weight excluding hydrogens is 266 g/mol. The molecule has 0 saturated heterocycles. The van der Waals surface area contributed by atoms with Crippen molar-refractivity contribution < 1.29 is 9.90 Å². The smallest absolute Gasteiger partial charge is 0.287 e. The van der Waals surface area contributed by atoms with Crippen LogP contribution >= 0.6 is 0 Å². The number of nitrogens with one attached hydrogen (secondary N) is 1. The Hall–Kier alpha value is -2.14. The predicted molar refractivity (Wildman–Crippen MR) is 78.6 cm³/mol. The summed E-state index contributed by atoms with van der Waals surface area (Å²) < 4.78 is 1.70. The van der Waals surface area contributed by atoms with E-state index in [-0.39, 0.29) is 24.0 Å². The summed E-state index contributed by atoms with van der Waals surface area (Å²) in [4.78, 5) is 16.5. The molecule has 21 heavy (non-hydrogen) atoms. The van der Waals surface area contributed by atoms with E-state index in [1.807, 2.05) is 30.3 Å². The first-order valence-corrected chi connectivity index (χ1v) is 7.16. The molecule has 0 radical (unpaired) electrons. The van der Waals surface area contributed by atoms with Gasteiger partial charge in [-0.1, -0.05) is 30.3 Å². The molecule has 1 aliphatic rings. The molecule has 110 valence electrons. The number of hydrogen-bond acceptors (Lipinski definition) is 3. The third-order valence-electron chi connectivity index (χ3n) is 4.09. The fraction of sp³-hybridized carbons (Fsp3) is 0.375. The quantitative estimate of drug-likeness (QED) is 0.898. The van der Waals surface area contributed by atoms with E-state index in [1.54, 1.807) is 24.0 Å². The molecule has 3 rings (SSSR count). The van der Waals surface area contributed by atoms with Gasteiger partial charge in [-0.3, -0.25) is 4.79 Å². The van der Waals surface area contributed by atoms with Crippen LogP contribution in [0.5, 0.6) is 0 Å². The summed E-state index contributed by atoms with van der Waals surface area (Å²) in [5, 5.41) is 12.6. The maximum absolute atomic E-state index is 12.4. The van der Waals surface area contributed by atoms with Gasteiger partial charge in [-0.25, -0.2) is 4.98 Å². The number of amides is 1. The highest BCUT2D eigenvalue weighted by atomic mass is 16.3. The van der Waals surface area contributed by atoms with Crippen molar-refractivity contribution in [2.45, 2.75) is 25.0 Å². The monoisotopic (exact) mass is 285 g/mol. The Morgan fingerprint density at radius 1 is 1.38 bits per heavy atom. The lowest BCUT2D eigenvalue weighted by Gasteiger charge is -2.38. The molecule has 1 aromatic carbocycles. The summed E-state index contributed by atoms with van der Waals surface area (Å²) in [6.07, 6.45) is 4.56. The Morgan fingerprint density at radius 3 is 2.67 bits per heavy atom. The first-order chi connectivity index (χ1) is 10.1. The van der Waals surface area contributed by atoms with Crippen LogP contribution in [-0.2, 0) is 7.05 Å². The SMILES string of the molecule is Cn1ccnc1C(=O)N[C@H](c1ccccc1)C1CC(O)C1. The number of imidazole rings is 1. The van der Waals surface area contributed by atoms with Gasteiger partial charge < -0.3 is 15.0 Å². The summed E-state index contributed by atoms with van der Waals surface area (Å²) >= 11 is 0. The number of rotatable bonds is 4. The number of aliphatic hydroxyl groups excluding tert-OH is 1. The molecule has 1 fully saturated rings. The Labute approximate surface area is 123 Å². The maximum Gasteiger partial charge on any atom is 0.287 e. The lowest BCUT2D eigenvalue weighted by molar-refractivity contribution is 0.0234. The maximum atomic E-state index is 12.4. The van der Waals surface area contributed by atoms with Crippen molar-refractivity contribution in [1.82, 2.24) is 14.9 Å². The third-order valence-corrected chi connectivity index (χ3v) is 4.09. The van der Waals surface area contributed by atoms with Crippen LogP contribution < -0.4 is 5.32 Å². The van der Waals surface area contributed by atoms with E-state index < -0.39 is 0 Å². The Kier molecular flexibility index (Phi) is 3.75. The number of carbonyl (C=O) groups is 1. The molecular formula is C16H19N3O2. The molecule has 1 aromatic heterocycles. The average Bonchev–Trinajstić information content (AvgIpc) is 2.89. The van der Waals surface area contributed by atoms with E-state index in [9.17, 15) is 9.90 Å². The lowest BCUT2D eigenvalue weighted by atomic mass is 9.75. The minimum Gasteiger partial charge on any atom is -0.393 e. The summed E-state index contributed by atoms with van der Waals surface area (Å²) in [7, 11) is 1.80. The van der Waals surface area contributed by atoms with Crippen molar-refractivity contribution in [2.75, 3.05) is 0 Å². The molecule has 1 heterocycles. The Balaban J connectivity index is 1.80. The lowest BCUT2D eigenvalue weighted by Crippen LogP contribution is -2.42. The highest BCUT2D eigenvalue weighted by molar-refractivity contribution is 5.91. The molecule has 5 heteroatoms. The molecule has 0 bridgehead atoms. The first-order valence-electron chi connectivity index (χ1n) is 7.16. The van der Waals surface area contributed by atoms with E-state index >= 15 is 0 Å². The summed E-state index contributed by atoms with van der Waals surface area (Å²) in [5.74, 6) is 0.486. The molecule has 1 aliphatic carbocycles. The van der Waals surface area contributed by atoms with Gasteiger partial charge in [0.05, 0.1) is 12.1 Å². The zero-order chi connectivity index (χ0) is 14.8. The topological polar surface area (TPSA) is 67.2 Å². The number of nitrogens with zero attached hydrogens (tertiary/aromatic N) is 2. The fourth-order valence-corrected chi connectivity index (χ4v) is 2.83. The van der Waals surface area contributed by atoms with Gasteiger partial charge in [0.15, 0.2) is 5.82 Å². The number of aliphatic hydroxyl groups is 1. The summed E-state index contributed by atoms with van der Waals surface area (Å²) in [5.41, 5.74) is 1.07. The van der Waals surface area contributed by atoms with Crippen molar-refractivity contribution in [3.05, 3.63) is 54.1 Å². The number of hydrogen-bond donors (Lipinski definition) is 2. The van der Waals surface area contributed by atoms with E-state index in [2.05, 4.69) is 10.3 Å². The predicted octanol–water partition coefficient (Wildman–Crippen LogP) is 1.66. The van der Waals surface area contributed by atoms with Gasteiger partial charge >= 0.3 is 0 Å². The second kappa shape index (κ2) is 5.69. The molecule has 2 aromatic rings. The average molecular weight is 285 g/mol. The van der Waals surface area contributed by atoms with E-state index in [0.29, 0.717) is 5.82 Å². The highest BCUT2D eigenvalue weighted by Gasteiger charge is 2.36. The number of aryl methyl sites for hydroxylation is 1. The minimum absolute atomic E-state index is 0.0844. The number of benzene rings is 1. The molecule has 1 atom stereocenters. The van der Waals surface area contributed by atoms with Gasteiger partial charge in [-0.15, -0.1) is 0 Å². The van der Waals surface area contributed by atoms with Crippen LogP contribution in [0.4, 0.5) is 0 Å². The molecule has 1 saturated carbocycles. The van der Waals surface area contributed by atoms with E-state index in [0.717, 1.165) is 18.4 Å². The van der Waals surface area contributed by atoms with Crippen LogP contribution in [-0.4, -0.2) is 26.7 Å². The van der Waals surface area contributed by atoms with E-state index in [1.165, 1.54) is 0 Å². The zero-order valence-corrected chi connectivity index (χ0v) is 11.9. The van der Waals surface area contributed by atoms with Gasteiger partial charge in [-0.05, 0) is 24.3 Å². The fourth-order valence-electron chi connectivity index (χ4n) is 2.83. The van der Waals surface area contributed by atoms with Crippen LogP contribution in [0, 0.1) is 5.92 Å². The van der Waals surface area contributed by atoms with Gasteiger partial charge in [0.2, 0.25) is 0 Å². The molecule has 0 unspecified atom stereocenters. The zero-order valence-electron chi connectivity index (χ0n) is 11.9. The third kappa shape index (κ3) is 2.83. The van der Waals surface area contributed by atoms with Gasteiger partial charge in [-0.2, -0.15) is 0 Å². The van der Waals surface area contributed by atoms with Crippen LogP contribution in [0.3, 0.4) is 0 Å². The Bertz CT molecular complexity index is 617. The van der Waals surface area contributed by atoms with Crippen molar-refractivity contribution in [3.8, 4) is 0 Å². The standard InChI is InChI=1S/C16H19N3O2/c1-19-8-7-17-15(19)16(21)18-14(12-9-13(20)10-12)11-5-3-2-4-6-11/h2-8,12-14,20H,9-10H2,1H3,(H,18,21)/t12?,13?,14-/m1/s1. The number of carbonyl (C=O) groups excluding carboxylic acids is 1. The molecule has 0 aliphatic heterocycles. The molecule has 2 N–H and O–H groups in total. The highest BCUT2D eigenvalue weighted by Crippen LogP contribution is 2.38. The summed E-state index contributed by atoms with van der Waals surface area (Å²) in [6.45, 7) is 0. The second-order valence-corrected chi connectivity index (χ2v) is 5.61.